The SMILES string of the molecule is CC1(CNCc2cc(Cl)ccc2[N+](=O)[O-])CCOCC1. The summed E-state index contributed by atoms with van der Waals surface area (Å²) in [6, 6.07) is 4.65. The monoisotopic (exact) mass is 298 g/mol. The largest absolute Gasteiger partial charge is 0.381 e. The van der Waals surface area contributed by atoms with Crippen molar-refractivity contribution in [3.8, 4) is 0 Å². The Balaban J connectivity index is 1.96. The predicted octanol–water partition coefficient (Wildman–Crippen LogP) is 3.15. The predicted molar refractivity (Wildman–Crippen MR) is 78.0 cm³/mol. The van der Waals surface area contributed by atoms with Gasteiger partial charge in [0.2, 0.25) is 0 Å². The van der Waals surface area contributed by atoms with Crippen molar-refractivity contribution in [2.45, 2.75) is 26.3 Å². The Bertz CT molecular complexity index is 487. The summed E-state index contributed by atoms with van der Waals surface area (Å²) < 4.78 is 5.36. The summed E-state index contributed by atoms with van der Waals surface area (Å²) in [6.45, 7) is 5.06. The molecular formula is C14H19ClN2O3. The number of nitro benzene ring substituents is 1. The molecular weight excluding hydrogens is 280 g/mol. The van der Waals surface area contributed by atoms with E-state index in [1.54, 1.807) is 12.1 Å². The van der Waals surface area contributed by atoms with E-state index in [9.17, 15) is 10.1 Å². The standard InChI is InChI=1S/C14H19ClN2O3/c1-14(4-6-20-7-5-14)10-16-9-11-8-12(15)2-3-13(11)17(18)19/h2-3,8,16H,4-7,9-10H2,1H3. The number of ether oxygens (including phenoxy) is 1. The number of hydrogen-bond donors (Lipinski definition) is 1. The Kier molecular flexibility index (Phi) is 4.96. The summed E-state index contributed by atoms with van der Waals surface area (Å²) in [4.78, 5) is 10.6. The Morgan fingerprint density at radius 2 is 2.15 bits per heavy atom. The minimum Gasteiger partial charge on any atom is -0.381 e. The molecule has 0 bridgehead atoms. The average Bonchev–Trinajstić information content (AvgIpc) is 2.39. The Morgan fingerprint density at radius 1 is 1.45 bits per heavy atom. The molecule has 1 fully saturated rings. The van der Waals surface area contributed by atoms with E-state index in [0.717, 1.165) is 32.6 Å². The molecule has 1 heterocycles. The van der Waals surface area contributed by atoms with Gasteiger partial charge in [-0.2, -0.15) is 0 Å². The van der Waals surface area contributed by atoms with Gasteiger partial charge in [-0.3, -0.25) is 10.1 Å². The van der Waals surface area contributed by atoms with E-state index in [-0.39, 0.29) is 16.0 Å². The molecule has 1 aromatic rings. The van der Waals surface area contributed by atoms with E-state index in [0.29, 0.717) is 17.1 Å². The lowest BCUT2D eigenvalue weighted by molar-refractivity contribution is -0.385. The van der Waals surface area contributed by atoms with Crippen LogP contribution < -0.4 is 5.32 Å². The molecule has 0 unspecified atom stereocenters. The third-order valence-electron chi connectivity index (χ3n) is 3.81. The van der Waals surface area contributed by atoms with E-state index in [1.807, 2.05) is 0 Å². The highest BCUT2D eigenvalue weighted by atomic mass is 35.5. The van der Waals surface area contributed by atoms with Crippen LogP contribution in [0.25, 0.3) is 0 Å². The number of rotatable bonds is 5. The van der Waals surface area contributed by atoms with Crippen molar-refractivity contribution in [3.05, 3.63) is 38.9 Å². The van der Waals surface area contributed by atoms with Crippen molar-refractivity contribution in [1.82, 2.24) is 5.32 Å². The van der Waals surface area contributed by atoms with Crippen LogP contribution in [0, 0.1) is 15.5 Å². The molecule has 1 aliphatic rings. The smallest absolute Gasteiger partial charge is 0.273 e. The number of nitrogens with one attached hydrogen (secondary N) is 1. The van der Waals surface area contributed by atoms with Gasteiger partial charge in [-0.25, -0.2) is 0 Å². The fraction of sp³-hybridized carbons (Fsp3) is 0.571. The summed E-state index contributed by atoms with van der Waals surface area (Å²) in [6.07, 6.45) is 2.02. The lowest BCUT2D eigenvalue weighted by atomic mass is 9.82. The maximum atomic E-state index is 11.0. The lowest BCUT2D eigenvalue weighted by Crippen LogP contribution is -2.36. The molecule has 1 aliphatic heterocycles. The minimum atomic E-state index is -0.372. The van der Waals surface area contributed by atoms with Crippen molar-refractivity contribution >= 4 is 17.3 Å². The molecule has 0 radical (unpaired) electrons. The number of benzene rings is 1. The zero-order valence-electron chi connectivity index (χ0n) is 11.5. The number of nitro groups is 1. The van der Waals surface area contributed by atoms with Crippen LogP contribution in [-0.2, 0) is 11.3 Å². The molecule has 1 saturated heterocycles. The molecule has 6 heteroatoms. The topological polar surface area (TPSA) is 64.4 Å². The molecule has 0 aliphatic carbocycles. The third-order valence-corrected chi connectivity index (χ3v) is 4.04. The fourth-order valence-electron chi connectivity index (χ4n) is 2.41. The fourth-order valence-corrected chi connectivity index (χ4v) is 2.61. The summed E-state index contributed by atoms with van der Waals surface area (Å²) in [5, 5.41) is 14.8. The second kappa shape index (κ2) is 6.52. The lowest BCUT2D eigenvalue weighted by Gasteiger charge is -2.33. The summed E-state index contributed by atoms with van der Waals surface area (Å²) in [5.41, 5.74) is 0.934. The van der Waals surface area contributed by atoms with Gasteiger partial charge in [0.05, 0.1) is 4.92 Å². The molecule has 0 spiro atoms. The Morgan fingerprint density at radius 3 is 2.80 bits per heavy atom. The van der Waals surface area contributed by atoms with Gasteiger partial charge in [-0.1, -0.05) is 18.5 Å². The van der Waals surface area contributed by atoms with Crippen molar-refractivity contribution in [3.63, 3.8) is 0 Å². The number of hydrogen-bond acceptors (Lipinski definition) is 4. The van der Waals surface area contributed by atoms with Gasteiger partial charge in [0, 0.05) is 43.0 Å². The average molecular weight is 299 g/mol. The Labute approximate surface area is 123 Å². The van der Waals surface area contributed by atoms with Crippen LogP contribution in [-0.4, -0.2) is 24.7 Å². The van der Waals surface area contributed by atoms with Crippen LogP contribution in [0.15, 0.2) is 18.2 Å². The van der Waals surface area contributed by atoms with E-state index in [1.165, 1.54) is 6.07 Å². The molecule has 2 rings (SSSR count). The molecule has 1 aromatic carbocycles. The molecule has 0 atom stereocenters. The van der Waals surface area contributed by atoms with E-state index < -0.39 is 0 Å². The molecule has 0 aromatic heterocycles. The first-order valence-corrected chi connectivity index (χ1v) is 7.09. The summed E-state index contributed by atoms with van der Waals surface area (Å²) in [5.74, 6) is 0. The van der Waals surface area contributed by atoms with Crippen LogP contribution in [0.2, 0.25) is 5.02 Å². The van der Waals surface area contributed by atoms with Gasteiger partial charge in [0.25, 0.3) is 5.69 Å². The number of halogens is 1. The number of nitrogens with zero attached hydrogens (tertiary/aromatic N) is 1. The first kappa shape index (κ1) is 15.2. The van der Waals surface area contributed by atoms with Crippen LogP contribution in [0.4, 0.5) is 5.69 Å². The molecule has 0 saturated carbocycles. The normalized spacial score (nSPS) is 17.9. The van der Waals surface area contributed by atoms with E-state index in [2.05, 4.69) is 12.2 Å². The van der Waals surface area contributed by atoms with Gasteiger partial charge >= 0.3 is 0 Å². The van der Waals surface area contributed by atoms with Crippen molar-refractivity contribution in [2.24, 2.45) is 5.41 Å². The maximum Gasteiger partial charge on any atom is 0.273 e. The van der Waals surface area contributed by atoms with Crippen molar-refractivity contribution in [1.29, 1.82) is 0 Å². The first-order chi connectivity index (χ1) is 9.50. The highest BCUT2D eigenvalue weighted by molar-refractivity contribution is 6.30. The van der Waals surface area contributed by atoms with Crippen molar-refractivity contribution < 1.29 is 9.66 Å². The zero-order chi connectivity index (χ0) is 14.6. The quantitative estimate of drug-likeness (QED) is 0.670. The van der Waals surface area contributed by atoms with Gasteiger partial charge in [-0.15, -0.1) is 0 Å². The van der Waals surface area contributed by atoms with Crippen LogP contribution in [0.5, 0.6) is 0 Å². The highest BCUT2D eigenvalue weighted by Crippen LogP contribution is 2.29. The summed E-state index contributed by atoms with van der Waals surface area (Å²) in [7, 11) is 0. The van der Waals surface area contributed by atoms with E-state index in [4.69, 9.17) is 16.3 Å². The molecule has 20 heavy (non-hydrogen) atoms. The first-order valence-electron chi connectivity index (χ1n) is 6.71. The van der Waals surface area contributed by atoms with Crippen LogP contribution in [0.3, 0.4) is 0 Å². The zero-order valence-corrected chi connectivity index (χ0v) is 12.3. The minimum absolute atomic E-state index is 0.110. The van der Waals surface area contributed by atoms with Gasteiger partial charge in [0.1, 0.15) is 0 Å². The highest BCUT2D eigenvalue weighted by Gasteiger charge is 2.27. The molecule has 5 nitrogen and oxygen atoms in total. The molecule has 110 valence electrons. The molecule has 0 amide bonds. The van der Waals surface area contributed by atoms with Crippen molar-refractivity contribution in [2.75, 3.05) is 19.8 Å². The van der Waals surface area contributed by atoms with Crippen LogP contribution >= 0.6 is 11.6 Å². The maximum absolute atomic E-state index is 11.0. The van der Waals surface area contributed by atoms with Gasteiger partial charge in [0.15, 0.2) is 0 Å². The summed E-state index contributed by atoms with van der Waals surface area (Å²) >= 11 is 5.91. The van der Waals surface area contributed by atoms with Crippen LogP contribution in [0.1, 0.15) is 25.3 Å². The van der Waals surface area contributed by atoms with Gasteiger partial charge in [-0.05, 0) is 30.4 Å². The third kappa shape index (κ3) is 3.91. The van der Waals surface area contributed by atoms with E-state index >= 15 is 0 Å². The second-order valence-electron chi connectivity index (χ2n) is 5.56. The Hall–Kier alpha value is -1.17. The van der Waals surface area contributed by atoms with Gasteiger partial charge < -0.3 is 10.1 Å². The molecule has 1 N–H and O–H groups in total. The second-order valence-corrected chi connectivity index (χ2v) is 5.99.